The topological polar surface area (TPSA) is 9.23 Å². The molecule has 2 aliphatic carbocycles. The minimum Gasteiger partial charge on any atom is -0.381 e. The lowest BCUT2D eigenvalue weighted by Gasteiger charge is -2.29. The van der Waals surface area contributed by atoms with Crippen molar-refractivity contribution in [2.75, 3.05) is 7.11 Å². The first-order valence-corrected chi connectivity index (χ1v) is 5.32. The van der Waals surface area contributed by atoms with Crippen LogP contribution in [0.3, 0.4) is 0 Å². The molecule has 0 heterocycles. The van der Waals surface area contributed by atoms with Gasteiger partial charge in [0.2, 0.25) is 0 Å². The summed E-state index contributed by atoms with van der Waals surface area (Å²) < 4.78 is 5.44. The summed E-state index contributed by atoms with van der Waals surface area (Å²) in [6, 6.07) is 0. The summed E-state index contributed by atoms with van der Waals surface area (Å²) in [6.45, 7) is 2.40. The highest BCUT2D eigenvalue weighted by molar-refractivity contribution is 4.88. The molecule has 70 valence electrons. The van der Waals surface area contributed by atoms with Gasteiger partial charge in [0.15, 0.2) is 0 Å². The van der Waals surface area contributed by atoms with Gasteiger partial charge >= 0.3 is 0 Å². The zero-order valence-corrected chi connectivity index (χ0v) is 8.25. The van der Waals surface area contributed by atoms with Gasteiger partial charge in [-0.15, -0.1) is 0 Å². The number of fused-ring (bicyclic) bond motifs is 1. The van der Waals surface area contributed by atoms with Gasteiger partial charge in [-0.25, -0.2) is 0 Å². The summed E-state index contributed by atoms with van der Waals surface area (Å²) in [7, 11) is 1.87. The van der Waals surface area contributed by atoms with Crippen molar-refractivity contribution < 1.29 is 4.74 Å². The normalized spacial score (nSPS) is 47.5. The van der Waals surface area contributed by atoms with E-state index in [1.165, 1.54) is 32.1 Å². The van der Waals surface area contributed by atoms with Crippen molar-refractivity contribution >= 4 is 0 Å². The van der Waals surface area contributed by atoms with E-state index in [2.05, 4.69) is 6.92 Å². The maximum absolute atomic E-state index is 5.44. The van der Waals surface area contributed by atoms with Crippen molar-refractivity contribution in [2.24, 2.45) is 17.8 Å². The van der Waals surface area contributed by atoms with Gasteiger partial charge in [0.1, 0.15) is 0 Å². The standard InChI is InChI=1S/C11H20O/c1-8-3-4-9-6-11(12-2)7-10(9)5-8/h8-11H,3-7H2,1-2H3/t8-,9?,10?,11?/m1/s1. The molecule has 12 heavy (non-hydrogen) atoms. The van der Waals surface area contributed by atoms with Gasteiger partial charge in [-0.05, 0) is 43.4 Å². The van der Waals surface area contributed by atoms with Crippen molar-refractivity contribution in [3.05, 3.63) is 0 Å². The first-order valence-electron chi connectivity index (χ1n) is 5.32. The van der Waals surface area contributed by atoms with Crippen LogP contribution in [0.15, 0.2) is 0 Å². The van der Waals surface area contributed by atoms with Crippen LogP contribution < -0.4 is 0 Å². The molecule has 0 radical (unpaired) electrons. The number of methoxy groups -OCH3 is 1. The number of rotatable bonds is 1. The van der Waals surface area contributed by atoms with Gasteiger partial charge in [0.05, 0.1) is 6.10 Å². The van der Waals surface area contributed by atoms with Gasteiger partial charge in [-0.1, -0.05) is 13.3 Å². The van der Waals surface area contributed by atoms with Crippen LogP contribution in [0.2, 0.25) is 0 Å². The van der Waals surface area contributed by atoms with Gasteiger partial charge in [0.25, 0.3) is 0 Å². The first-order chi connectivity index (χ1) is 5.79. The molecule has 2 fully saturated rings. The summed E-state index contributed by atoms with van der Waals surface area (Å²) >= 11 is 0. The predicted octanol–water partition coefficient (Wildman–Crippen LogP) is 2.85. The molecule has 0 aromatic carbocycles. The van der Waals surface area contributed by atoms with Crippen molar-refractivity contribution in [3.8, 4) is 0 Å². The highest BCUT2D eigenvalue weighted by Gasteiger charge is 2.37. The molecule has 0 aromatic heterocycles. The summed E-state index contributed by atoms with van der Waals surface area (Å²) in [5, 5.41) is 0. The minimum absolute atomic E-state index is 0.588. The summed E-state index contributed by atoms with van der Waals surface area (Å²) in [5.41, 5.74) is 0. The van der Waals surface area contributed by atoms with E-state index in [-0.39, 0.29) is 0 Å². The molecule has 3 unspecified atom stereocenters. The molecule has 2 saturated carbocycles. The SMILES string of the molecule is COC1CC2CC[C@@H](C)CC2C1. The second kappa shape index (κ2) is 3.37. The molecule has 0 aliphatic heterocycles. The van der Waals surface area contributed by atoms with Gasteiger partial charge in [-0.2, -0.15) is 0 Å². The molecule has 0 saturated heterocycles. The second-order valence-corrected chi connectivity index (χ2v) is 4.77. The number of hydrogen-bond donors (Lipinski definition) is 0. The third-order valence-electron chi connectivity index (χ3n) is 3.87. The van der Waals surface area contributed by atoms with Gasteiger partial charge in [0, 0.05) is 7.11 Å². The van der Waals surface area contributed by atoms with Crippen molar-refractivity contribution in [3.63, 3.8) is 0 Å². The van der Waals surface area contributed by atoms with Crippen LogP contribution in [-0.2, 0) is 4.74 Å². The van der Waals surface area contributed by atoms with Crippen LogP contribution in [-0.4, -0.2) is 13.2 Å². The van der Waals surface area contributed by atoms with Gasteiger partial charge < -0.3 is 4.74 Å². The lowest BCUT2D eigenvalue weighted by molar-refractivity contribution is 0.103. The molecule has 0 amide bonds. The van der Waals surface area contributed by atoms with Gasteiger partial charge in [-0.3, -0.25) is 0 Å². The fourth-order valence-electron chi connectivity index (χ4n) is 3.12. The highest BCUT2D eigenvalue weighted by Crippen LogP contribution is 2.44. The molecular weight excluding hydrogens is 148 g/mol. The average molecular weight is 168 g/mol. The monoisotopic (exact) mass is 168 g/mol. The quantitative estimate of drug-likeness (QED) is 0.585. The summed E-state index contributed by atoms with van der Waals surface area (Å²) in [5.74, 6) is 2.98. The Bertz CT molecular complexity index is 155. The number of ether oxygens (including phenoxy) is 1. The first kappa shape index (κ1) is 8.55. The maximum Gasteiger partial charge on any atom is 0.0576 e. The van der Waals surface area contributed by atoms with E-state index in [0.29, 0.717) is 6.10 Å². The molecule has 2 aliphatic rings. The largest absolute Gasteiger partial charge is 0.381 e. The molecular formula is C11H20O. The highest BCUT2D eigenvalue weighted by atomic mass is 16.5. The van der Waals surface area contributed by atoms with Crippen LogP contribution in [0.25, 0.3) is 0 Å². The van der Waals surface area contributed by atoms with Crippen LogP contribution in [0, 0.1) is 17.8 Å². The predicted molar refractivity (Wildman–Crippen MR) is 50.0 cm³/mol. The van der Waals surface area contributed by atoms with Crippen molar-refractivity contribution in [1.29, 1.82) is 0 Å². The molecule has 1 heteroatoms. The molecule has 2 rings (SSSR count). The van der Waals surface area contributed by atoms with E-state index in [4.69, 9.17) is 4.74 Å². The lowest BCUT2D eigenvalue weighted by atomic mass is 9.77. The Kier molecular flexibility index (Phi) is 2.40. The van der Waals surface area contributed by atoms with Crippen LogP contribution >= 0.6 is 0 Å². The molecule has 0 spiro atoms. The Morgan fingerprint density at radius 1 is 1.00 bits per heavy atom. The third kappa shape index (κ3) is 1.52. The zero-order chi connectivity index (χ0) is 8.55. The van der Waals surface area contributed by atoms with E-state index in [0.717, 1.165) is 17.8 Å². The fourth-order valence-corrected chi connectivity index (χ4v) is 3.12. The summed E-state index contributed by atoms with van der Waals surface area (Å²) in [6.07, 6.45) is 7.65. The van der Waals surface area contributed by atoms with Crippen molar-refractivity contribution in [1.82, 2.24) is 0 Å². The fraction of sp³-hybridized carbons (Fsp3) is 1.00. The average Bonchev–Trinajstić information content (AvgIpc) is 2.46. The molecule has 0 bridgehead atoms. The minimum atomic E-state index is 0.588. The Balaban J connectivity index is 1.93. The molecule has 4 atom stereocenters. The third-order valence-corrected chi connectivity index (χ3v) is 3.87. The van der Waals surface area contributed by atoms with E-state index in [1.54, 1.807) is 0 Å². The molecule has 0 aromatic rings. The van der Waals surface area contributed by atoms with E-state index in [1.807, 2.05) is 7.11 Å². The van der Waals surface area contributed by atoms with Crippen LogP contribution in [0.4, 0.5) is 0 Å². The molecule has 0 N–H and O–H groups in total. The Labute approximate surface area is 75.5 Å². The maximum atomic E-state index is 5.44. The Hall–Kier alpha value is -0.0400. The second-order valence-electron chi connectivity index (χ2n) is 4.77. The smallest absolute Gasteiger partial charge is 0.0576 e. The Morgan fingerprint density at radius 2 is 1.75 bits per heavy atom. The summed E-state index contributed by atoms with van der Waals surface area (Å²) in [4.78, 5) is 0. The van der Waals surface area contributed by atoms with E-state index in [9.17, 15) is 0 Å². The molecule has 1 nitrogen and oxygen atoms in total. The number of hydrogen-bond acceptors (Lipinski definition) is 1. The van der Waals surface area contributed by atoms with Crippen molar-refractivity contribution in [2.45, 2.75) is 45.1 Å². The zero-order valence-electron chi connectivity index (χ0n) is 8.25. The Morgan fingerprint density at radius 3 is 2.50 bits per heavy atom. The van der Waals surface area contributed by atoms with E-state index < -0.39 is 0 Å². The van der Waals surface area contributed by atoms with Crippen LogP contribution in [0.5, 0.6) is 0 Å². The lowest BCUT2D eigenvalue weighted by Crippen LogP contribution is -2.18. The van der Waals surface area contributed by atoms with E-state index >= 15 is 0 Å². The van der Waals surface area contributed by atoms with Crippen LogP contribution in [0.1, 0.15) is 39.0 Å².